The van der Waals surface area contributed by atoms with Crippen molar-refractivity contribution in [3.63, 3.8) is 0 Å². The number of rotatable bonds is 6. The third-order valence-corrected chi connectivity index (χ3v) is 4.42. The van der Waals surface area contributed by atoms with E-state index in [1.165, 1.54) is 19.2 Å². The van der Waals surface area contributed by atoms with E-state index in [-0.39, 0.29) is 35.8 Å². The summed E-state index contributed by atoms with van der Waals surface area (Å²) in [6.07, 6.45) is 0. The van der Waals surface area contributed by atoms with E-state index in [4.69, 9.17) is 4.74 Å². The highest BCUT2D eigenvalue weighted by atomic mass is 35.5. The van der Waals surface area contributed by atoms with Gasteiger partial charge in [0.1, 0.15) is 5.82 Å². The number of ether oxygens (including phenoxy) is 2. The molecule has 4 nitrogen and oxygen atoms in total. The summed E-state index contributed by atoms with van der Waals surface area (Å²) < 4.78 is 48.1. The molecule has 0 spiro atoms. The first-order valence-electron chi connectivity index (χ1n) is 8.39. The maximum atomic E-state index is 13.6. The maximum absolute atomic E-state index is 13.6. The fourth-order valence-electron chi connectivity index (χ4n) is 3.22. The van der Waals surface area contributed by atoms with Crippen molar-refractivity contribution in [3.8, 4) is 11.5 Å². The van der Waals surface area contributed by atoms with E-state index in [1.54, 1.807) is 24.3 Å². The van der Waals surface area contributed by atoms with Crippen LogP contribution in [0.1, 0.15) is 17.2 Å². The van der Waals surface area contributed by atoms with Crippen LogP contribution in [0.3, 0.4) is 0 Å². The van der Waals surface area contributed by atoms with Gasteiger partial charge in [-0.05, 0) is 35.4 Å². The number of halogens is 4. The van der Waals surface area contributed by atoms with Crippen LogP contribution >= 0.6 is 12.4 Å². The van der Waals surface area contributed by atoms with E-state index < -0.39 is 6.61 Å². The Morgan fingerprint density at radius 3 is 2.70 bits per heavy atom. The molecule has 1 N–H and O–H groups in total. The van der Waals surface area contributed by atoms with Crippen molar-refractivity contribution in [2.24, 2.45) is 0 Å². The fraction of sp³-hybridized carbons (Fsp3) is 0.368. The van der Waals surface area contributed by atoms with E-state index in [0.717, 1.165) is 24.2 Å². The quantitative estimate of drug-likeness (QED) is 0.791. The first-order chi connectivity index (χ1) is 12.6. The molecule has 148 valence electrons. The summed E-state index contributed by atoms with van der Waals surface area (Å²) in [5.74, 6) is 0.0108. The molecule has 1 unspecified atom stereocenters. The van der Waals surface area contributed by atoms with Crippen molar-refractivity contribution in [1.82, 2.24) is 10.2 Å². The molecule has 0 aliphatic carbocycles. The lowest BCUT2D eigenvalue weighted by Gasteiger charge is -2.36. The molecule has 8 heteroatoms. The van der Waals surface area contributed by atoms with Crippen LogP contribution < -0.4 is 14.8 Å². The molecule has 2 aromatic carbocycles. The normalized spacial score (nSPS) is 17.4. The summed E-state index contributed by atoms with van der Waals surface area (Å²) in [7, 11) is 1.41. The summed E-state index contributed by atoms with van der Waals surface area (Å²) >= 11 is 0. The Kier molecular flexibility index (Phi) is 7.77. The Bertz CT molecular complexity index is 749. The standard InChI is InChI=1S/C19H21F3N2O2.ClH/c1-25-18-9-13(5-6-17(18)26-19(21)22)12-24-8-7-23-11-16(24)14-3-2-4-15(20)10-14;/h2-6,9-10,16,19,23H,7-8,11-12H2,1H3;1H. The van der Waals surface area contributed by atoms with E-state index in [9.17, 15) is 13.2 Å². The molecule has 1 fully saturated rings. The number of hydrogen-bond acceptors (Lipinski definition) is 4. The molecule has 0 bridgehead atoms. The molecule has 1 saturated heterocycles. The SMILES string of the molecule is COc1cc(CN2CCNCC2c2cccc(F)c2)ccc1OC(F)F.Cl. The van der Waals surface area contributed by atoms with Crippen LogP contribution in [0.15, 0.2) is 42.5 Å². The van der Waals surface area contributed by atoms with Crippen molar-refractivity contribution in [3.05, 3.63) is 59.4 Å². The minimum atomic E-state index is -2.90. The van der Waals surface area contributed by atoms with Crippen LogP contribution in [0.25, 0.3) is 0 Å². The lowest BCUT2D eigenvalue weighted by molar-refractivity contribution is -0.0512. The van der Waals surface area contributed by atoms with Gasteiger partial charge in [0.05, 0.1) is 7.11 Å². The van der Waals surface area contributed by atoms with Crippen molar-refractivity contribution in [1.29, 1.82) is 0 Å². The number of piperazine rings is 1. The number of benzene rings is 2. The van der Waals surface area contributed by atoms with Crippen LogP contribution in [0, 0.1) is 5.82 Å². The average Bonchev–Trinajstić information content (AvgIpc) is 2.63. The van der Waals surface area contributed by atoms with Gasteiger partial charge in [-0.3, -0.25) is 4.90 Å². The first-order valence-corrected chi connectivity index (χ1v) is 8.39. The van der Waals surface area contributed by atoms with Gasteiger partial charge in [0.2, 0.25) is 0 Å². The van der Waals surface area contributed by atoms with Crippen molar-refractivity contribution < 1.29 is 22.6 Å². The Morgan fingerprint density at radius 1 is 1.19 bits per heavy atom. The van der Waals surface area contributed by atoms with Gasteiger partial charge in [0.25, 0.3) is 0 Å². The van der Waals surface area contributed by atoms with Crippen molar-refractivity contribution in [2.45, 2.75) is 19.2 Å². The smallest absolute Gasteiger partial charge is 0.387 e. The third kappa shape index (κ3) is 5.51. The molecule has 0 saturated carbocycles. The highest BCUT2D eigenvalue weighted by molar-refractivity contribution is 5.85. The second kappa shape index (κ2) is 9.82. The monoisotopic (exact) mass is 402 g/mol. The number of nitrogens with zero attached hydrogens (tertiary/aromatic N) is 1. The summed E-state index contributed by atoms with van der Waals surface area (Å²) in [6.45, 7) is 0.0237. The lowest BCUT2D eigenvalue weighted by Crippen LogP contribution is -2.45. The lowest BCUT2D eigenvalue weighted by atomic mass is 10.0. The zero-order chi connectivity index (χ0) is 18.5. The third-order valence-electron chi connectivity index (χ3n) is 4.42. The Hall–Kier alpha value is -1.96. The minimum absolute atomic E-state index is 0. The van der Waals surface area contributed by atoms with Crippen molar-refractivity contribution >= 4 is 12.4 Å². The van der Waals surface area contributed by atoms with Gasteiger partial charge in [0.15, 0.2) is 11.5 Å². The summed E-state index contributed by atoms with van der Waals surface area (Å²) in [6, 6.07) is 11.5. The Balaban J connectivity index is 0.00000261. The molecule has 1 heterocycles. The topological polar surface area (TPSA) is 33.7 Å². The summed E-state index contributed by atoms with van der Waals surface area (Å²) in [5.41, 5.74) is 1.81. The zero-order valence-electron chi connectivity index (χ0n) is 14.8. The Morgan fingerprint density at radius 2 is 2.00 bits per heavy atom. The minimum Gasteiger partial charge on any atom is -0.493 e. The van der Waals surface area contributed by atoms with Gasteiger partial charge in [-0.25, -0.2) is 4.39 Å². The van der Waals surface area contributed by atoms with Crippen LogP contribution in [0.4, 0.5) is 13.2 Å². The molecular formula is C19H22ClF3N2O2. The van der Waals surface area contributed by atoms with Crippen LogP contribution in [0.5, 0.6) is 11.5 Å². The van der Waals surface area contributed by atoms with Gasteiger partial charge in [-0.1, -0.05) is 18.2 Å². The van der Waals surface area contributed by atoms with E-state index in [2.05, 4.69) is 15.0 Å². The van der Waals surface area contributed by atoms with E-state index >= 15 is 0 Å². The molecule has 27 heavy (non-hydrogen) atoms. The van der Waals surface area contributed by atoms with Crippen LogP contribution in [-0.4, -0.2) is 38.3 Å². The fourth-order valence-corrected chi connectivity index (χ4v) is 3.22. The summed E-state index contributed by atoms with van der Waals surface area (Å²) in [4.78, 5) is 2.23. The number of nitrogens with one attached hydrogen (secondary N) is 1. The Labute approximate surface area is 162 Å². The number of alkyl halides is 2. The molecule has 1 aliphatic heterocycles. The van der Waals surface area contributed by atoms with Crippen LogP contribution in [-0.2, 0) is 6.54 Å². The first kappa shape index (κ1) is 21.3. The van der Waals surface area contributed by atoms with Crippen molar-refractivity contribution in [2.75, 3.05) is 26.7 Å². The summed E-state index contributed by atoms with van der Waals surface area (Å²) in [5, 5.41) is 3.33. The number of hydrogen-bond donors (Lipinski definition) is 1. The van der Waals surface area contributed by atoms with Gasteiger partial charge in [-0.2, -0.15) is 8.78 Å². The maximum Gasteiger partial charge on any atom is 0.387 e. The molecular weight excluding hydrogens is 381 g/mol. The van der Waals surface area contributed by atoms with Gasteiger partial charge in [-0.15, -0.1) is 12.4 Å². The molecule has 1 atom stereocenters. The highest BCUT2D eigenvalue weighted by Crippen LogP contribution is 2.31. The molecule has 2 aromatic rings. The van der Waals surface area contributed by atoms with Gasteiger partial charge < -0.3 is 14.8 Å². The van der Waals surface area contributed by atoms with Gasteiger partial charge >= 0.3 is 6.61 Å². The number of methoxy groups -OCH3 is 1. The predicted molar refractivity (Wildman–Crippen MR) is 99.3 cm³/mol. The van der Waals surface area contributed by atoms with E-state index in [0.29, 0.717) is 13.1 Å². The zero-order valence-corrected chi connectivity index (χ0v) is 15.6. The molecule has 0 aromatic heterocycles. The molecule has 0 radical (unpaired) electrons. The highest BCUT2D eigenvalue weighted by Gasteiger charge is 2.24. The van der Waals surface area contributed by atoms with Gasteiger partial charge in [0, 0.05) is 32.2 Å². The molecule has 1 aliphatic rings. The largest absolute Gasteiger partial charge is 0.493 e. The average molecular weight is 403 g/mol. The van der Waals surface area contributed by atoms with E-state index in [1.807, 2.05) is 6.07 Å². The molecule has 0 amide bonds. The second-order valence-electron chi connectivity index (χ2n) is 6.11. The molecule has 3 rings (SSSR count). The van der Waals surface area contributed by atoms with Crippen LogP contribution in [0.2, 0.25) is 0 Å². The predicted octanol–water partition coefficient (Wildman–Crippen LogP) is 4.00. The second-order valence-corrected chi connectivity index (χ2v) is 6.11.